The molecule has 0 saturated heterocycles. The first-order valence-electron chi connectivity index (χ1n) is 30.1. The maximum absolute atomic E-state index is 12.5. The molecule has 0 rings (SSSR count). The maximum atomic E-state index is 12.5. The minimum Gasteiger partial charge on any atom is -0.394 e. The molecule has 0 spiro atoms. The van der Waals surface area contributed by atoms with Gasteiger partial charge in [-0.1, -0.05) is 301 Å². The summed E-state index contributed by atoms with van der Waals surface area (Å²) >= 11 is 0. The van der Waals surface area contributed by atoms with Crippen molar-refractivity contribution in [3.63, 3.8) is 0 Å². The lowest BCUT2D eigenvalue weighted by Gasteiger charge is -2.26. The Labute approximate surface area is 413 Å². The average molecular weight is 931 g/mol. The highest BCUT2D eigenvalue weighted by Gasteiger charge is 2.26. The van der Waals surface area contributed by atoms with Gasteiger partial charge >= 0.3 is 0 Å². The van der Waals surface area contributed by atoms with E-state index in [1.807, 2.05) is 0 Å². The van der Waals surface area contributed by atoms with E-state index in [9.17, 15) is 20.1 Å². The van der Waals surface area contributed by atoms with Gasteiger partial charge in [0.05, 0.1) is 18.8 Å². The molecule has 0 fully saturated rings. The van der Waals surface area contributed by atoms with Crippen molar-refractivity contribution in [2.24, 2.45) is 0 Å². The Morgan fingerprint density at radius 1 is 0.364 bits per heavy atom. The van der Waals surface area contributed by atoms with Crippen LogP contribution in [0.5, 0.6) is 0 Å². The van der Waals surface area contributed by atoms with Crippen LogP contribution >= 0.6 is 0 Å². The van der Waals surface area contributed by atoms with Crippen LogP contribution in [0.15, 0.2) is 24.3 Å². The molecule has 4 N–H and O–H groups in total. The fourth-order valence-corrected chi connectivity index (χ4v) is 9.65. The van der Waals surface area contributed by atoms with Crippen LogP contribution in [0.3, 0.4) is 0 Å². The zero-order chi connectivity index (χ0) is 47.9. The number of carbonyl (C=O) groups is 1. The molecule has 66 heavy (non-hydrogen) atoms. The molecule has 0 aliphatic carbocycles. The van der Waals surface area contributed by atoms with Crippen molar-refractivity contribution >= 4 is 5.91 Å². The molecule has 0 aromatic carbocycles. The third-order valence-electron chi connectivity index (χ3n) is 14.3. The first-order valence-corrected chi connectivity index (χ1v) is 30.1. The van der Waals surface area contributed by atoms with Crippen LogP contribution in [0.4, 0.5) is 0 Å². The molecule has 0 aliphatic rings. The van der Waals surface area contributed by atoms with Gasteiger partial charge in [-0.15, -0.1) is 0 Å². The summed E-state index contributed by atoms with van der Waals surface area (Å²) in [5, 5.41) is 33.7. The number of aliphatic hydroxyl groups excluding tert-OH is 3. The molecule has 392 valence electrons. The summed E-state index contributed by atoms with van der Waals surface area (Å²) in [6, 6.07) is -0.830. The number of nitrogens with one attached hydrogen (secondary N) is 1. The predicted octanol–water partition coefficient (Wildman–Crippen LogP) is 18.8. The standard InChI is InChI=1S/C61H119NO4/c1-3-5-7-9-11-13-15-17-19-21-23-25-26-27-28-29-30-31-32-33-34-35-36-38-40-42-44-46-48-50-52-54-56-60(65)62-58(57-63)61(66)59(64)55-53-51-49-47-45-43-41-39-37-24-22-20-18-16-14-12-10-8-6-4-2/h39,41,47,49,58-59,61,63-64,66H,3-38,40,42-46,48,50-57H2,1-2H3,(H,62,65)/b41-39+,49-47+. The number of aliphatic hydroxyl groups is 3. The summed E-state index contributed by atoms with van der Waals surface area (Å²) in [6.45, 7) is 4.20. The molecule has 0 heterocycles. The quantitative estimate of drug-likeness (QED) is 0.0361. The maximum Gasteiger partial charge on any atom is 0.220 e. The van der Waals surface area contributed by atoms with E-state index in [4.69, 9.17) is 0 Å². The lowest BCUT2D eigenvalue weighted by atomic mass is 10.0. The second-order valence-electron chi connectivity index (χ2n) is 20.9. The molecule has 0 radical (unpaired) electrons. The van der Waals surface area contributed by atoms with E-state index in [2.05, 4.69) is 43.5 Å². The minimum absolute atomic E-state index is 0.151. The van der Waals surface area contributed by atoms with Crippen molar-refractivity contribution < 1.29 is 20.1 Å². The van der Waals surface area contributed by atoms with E-state index in [0.717, 1.165) is 44.9 Å². The summed E-state index contributed by atoms with van der Waals surface area (Å²) in [4.78, 5) is 12.5. The third kappa shape index (κ3) is 50.7. The van der Waals surface area contributed by atoms with E-state index >= 15 is 0 Å². The first-order chi connectivity index (χ1) is 32.6. The van der Waals surface area contributed by atoms with Crippen LogP contribution in [0.25, 0.3) is 0 Å². The van der Waals surface area contributed by atoms with Gasteiger partial charge in [-0.3, -0.25) is 4.79 Å². The Kier molecular flexibility index (Phi) is 55.4. The summed E-state index contributed by atoms with van der Waals surface area (Å²) in [6.07, 6.45) is 72.2. The van der Waals surface area contributed by atoms with Crippen LogP contribution in [-0.4, -0.2) is 46.1 Å². The molecule has 0 aromatic rings. The SMILES string of the molecule is CCCCCCCCCCCCC/C=C/CC/C=C/CCCC(O)C(O)C(CO)NC(=O)CCCCCCCCCCCCCCCCCCCCCCCCCCCCCCCCCC. The molecule has 1 amide bonds. The van der Waals surface area contributed by atoms with Gasteiger partial charge in [0, 0.05) is 6.42 Å². The summed E-state index contributed by atoms with van der Waals surface area (Å²) < 4.78 is 0. The van der Waals surface area contributed by atoms with E-state index in [1.165, 1.54) is 263 Å². The molecule has 0 saturated carbocycles. The molecular weight excluding hydrogens is 811 g/mol. The molecule has 0 aromatic heterocycles. The lowest BCUT2D eigenvalue weighted by molar-refractivity contribution is -0.124. The molecule has 5 nitrogen and oxygen atoms in total. The van der Waals surface area contributed by atoms with Crippen LogP contribution in [0.2, 0.25) is 0 Å². The number of amides is 1. The Hall–Kier alpha value is -1.17. The van der Waals surface area contributed by atoms with Gasteiger partial charge in [-0.05, 0) is 51.4 Å². The fraction of sp³-hybridized carbons (Fsp3) is 0.918. The zero-order valence-corrected chi connectivity index (χ0v) is 44.9. The minimum atomic E-state index is -1.17. The van der Waals surface area contributed by atoms with Gasteiger partial charge in [0.1, 0.15) is 6.10 Å². The van der Waals surface area contributed by atoms with E-state index in [1.54, 1.807) is 0 Å². The van der Waals surface area contributed by atoms with Crippen LogP contribution in [-0.2, 0) is 4.79 Å². The molecular formula is C61H119NO4. The third-order valence-corrected chi connectivity index (χ3v) is 14.3. The van der Waals surface area contributed by atoms with Crippen molar-refractivity contribution in [2.45, 2.75) is 353 Å². The van der Waals surface area contributed by atoms with Gasteiger partial charge in [-0.2, -0.15) is 0 Å². The van der Waals surface area contributed by atoms with Crippen LogP contribution < -0.4 is 5.32 Å². The van der Waals surface area contributed by atoms with Crippen molar-refractivity contribution in [2.75, 3.05) is 6.61 Å². The Morgan fingerprint density at radius 3 is 0.924 bits per heavy atom. The molecule has 3 unspecified atom stereocenters. The molecule has 5 heteroatoms. The second-order valence-corrected chi connectivity index (χ2v) is 20.9. The Balaban J connectivity index is 3.51. The molecule has 0 aliphatic heterocycles. The summed E-state index contributed by atoms with van der Waals surface area (Å²) in [5.41, 5.74) is 0. The van der Waals surface area contributed by atoms with Crippen LogP contribution in [0, 0.1) is 0 Å². The van der Waals surface area contributed by atoms with E-state index < -0.39 is 18.2 Å². The van der Waals surface area contributed by atoms with E-state index in [0.29, 0.717) is 12.8 Å². The first kappa shape index (κ1) is 64.8. The van der Waals surface area contributed by atoms with Crippen LogP contribution in [0.1, 0.15) is 335 Å². The normalized spacial score (nSPS) is 13.3. The molecule has 0 bridgehead atoms. The highest BCUT2D eigenvalue weighted by molar-refractivity contribution is 5.76. The number of carbonyl (C=O) groups excluding carboxylic acids is 1. The Morgan fingerprint density at radius 2 is 0.621 bits per heavy atom. The van der Waals surface area contributed by atoms with Crippen molar-refractivity contribution in [1.29, 1.82) is 0 Å². The highest BCUT2D eigenvalue weighted by atomic mass is 16.3. The topological polar surface area (TPSA) is 89.8 Å². The predicted molar refractivity (Wildman–Crippen MR) is 292 cm³/mol. The van der Waals surface area contributed by atoms with Gasteiger partial charge in [-0.25, -0.2) is 0 Å². The van der Waals surface area contributed by atoms with Crippen molar-refractivity contribution in [3.8, 4) is 0 Å². The van der Waals surface area contributed by atoms with Crippen molar-refractivity contribution in [3.05, 3.63) is 24.3 Å². The largest absolute Gasteiger partial charge is 0.394 e. The smallest absolute Gasteiger partial charge is 0.220 e. The highest BCUT2D eigenvalue weighted by Crippen LogP contribution is 2.18. The zero-order valence-electron chi connectivity index (χ0n) is 44.9. The molecule has 3 atom stereocenters. The second kappa shape index (κ2) is 56.4. The van der Waals surface area contributed by atoms with Gasteiger partial charge in [0.25, 0.3) is 0 Å². The van der Waals surface area contributed by atoms with Crippen molar-refractivity contribution in [1.82, 2.24) is 5.32 Å². The number of rotatable bonds is 56. The number of allylic oxidation sites excluding steroid dienone is 4. The lowest BCUT2D eigenvalue weighted by Crippen LogP contribution is -2.50. The number of unbranched alkanes of at least 4 members (excludes halogenated alkanes) is 44. The van der Waals surface area contributed by atoms with Gasteiger partial charge in [0.2, 0.25) is 5.91 Å². The van der Waals surface area contributed by atoms with E-state index in [-0.39, 0.29) is 12.5 Å². The Bertz CT molecular complexity index is 982. The summed E-state index contributed by atoms with van der Waals surface area (Å²) in [7, 11) is 0. The van der Waals surface area contributed by atoms with Gasteiger partial charge in [0.15, 0.2) is 0 Å². The fourth-order valence-electron chi connectivity index (χ4n) is 9.65. The summed E-state index contributed by atoms with van der Waals surface area (Å²) in [5.74, 6) is -0.151. The monoisotopic (exact) mass is 930 g/mol. The average Bonchev–Trinajstić information content (AvgIpc) is 3.32. The number of hydrogen-bond donors (Lipinski definition) is 4. The number of hydrogen-bond acceptors (Lipinski definition) is 4. The van der Waals surface area contributed by atoms with Gasteiger partial charge < -0.3 is 20.6 Å².